The molecule has 9 heteroatoms. The van der Waals surface area contributed by atoms with Crippen molar-refractivity contribution in [2.45, 2.75) is 64.8 Å². The van der Waals surface area contributed by atoms with E-state index in [0.29, 0.717) is 0 Å². The van der Waals surface area contributed by atoms with Crippen LogP contribution < -0.4 is 0 Å². The molecular weight excluding hydrogens is 392 g/mol. The molecule has 0 aromatic heterocycles. The highest BCUT2D eigenvalue weighted by Crippen LogP contribution is 2.29. The molecule has 2 aliphatic carbocycles. The van der Waals surface area contributed by atoms with E-state index in [1.54, 1.807) is 0 Å². The van der Waals surface area contributed by atoms with Gasteiger partial charge in [-0.1, -0.05) is 0 Å². The maximum Gasteiger partial charge on any atom is 0.335 e. The number of thiol groups is 1. The van der Waals surface area contributed by atoms with Gasteiger partial charge in [-0.05, 0) is 69.7 Å². The lowest BCUT2D eigenvalue weighted by Gasteiger charge is -2.16. The second-order valence-electron chi connectivity index (χ2n) is 4.34. The Morgan fingerprint density at radius 3 is 1.93 bits per heavy atom. The Bertz CT molecular complexity index is 1340. The van der Waals surface area contributed by atoms with Crippen LogP contribution in [0.3, 0.4) is 0 Å². The van der Waals surface area contributed by atoms with Gasteiger partial charge in [0.1, 0.15) is 0 Å². The van der Waals surface area contributed by atoms with Crippen molar-refractivity contribution in [3.63, 3.8) is 0 Å². The number of rotatable bonds is 5. The highest BCUT2D eigenvalue weighted by Gasteiger charge is 2.27. The summed E-state index contributed by atoms with van der Waals surface area (Å²) in [4.78, 5) is 21.0. The molecule has 0 aromatic carbocycles. The molecule has 0 unspecified atom stereocenters. The van der Waals surface area contributed by atoms with E-state index in [2.05, 4.69) is 22.1 Å². The summed E-state index contributed by atoms with van der Waals surface area (Å²) in [7, 11) is -5.58. The number of ether oxygens (including phenoxy) is 2. The van der Waals surface area contributed by atoms with Crippen LogP contribution in [-0.4, -0.2) is 38.1 Å². The third-order valence-electron chi connectivity index (χ3n) is 2.54. The van der Waals surface area contributed by atoms with E-state index in [-0.39, 0.29) is 13.2 Å². The highest BCUT2D eigenvalue weighted by molar-refractivity contribution is 7.89. The van der Waals surface area contributed by atoms with Gasteiger partial charge in [0.15, 0.2) is 0 Å². The largest absolute Gasteiger partial charge is 0.463 e. The predicted octanol–water partition coefficient (Wildman–Crippen LogP) is 3.57. The summed E-state index contributed by atoms with van der Waals surface area (Å²) in [5, 5.41) is 0. The third kappa shape index (κ3) is 7.67. The molecule has 0 aromatic rings. The van der Waals surface area contributed by atoms with Crippen molar-refractivity contribution in [3.05, 3.63) is 21.0 Å². The standard InChI is InChI=1S/C9H14O5S.C9H14O2S/c1-2-14-9(10)7-5-3-4-6-8(7)15(11,12)13;1-2-11-9(10)7-5-3-4-6-8(7)12/h2-6H2,1H3,(H,11,12,13);12H,2-6H2,1H3/i2*3D2,4D2,5D2,6D2. The number of hydrogen-bond acceptors (Lipinski definition) is 7. The molecule has 0 aliphatic heterocycles. The summed E-state index contributed by atoms with van der Waals surface area (Å²) in [5.41, 5.74) is -2.53. The van der Waals surface area contributed by atoms with Gasteiger partial charge in [-0.25, -0.2) is 9.59 Å². The smallest absolute Gasteiger partial charge is 0.335 e. The lowest BCUT2D eigenvalue weighted by molar-refractivity contribution is -0.139. The molecule has 0 spiro atoms. The second-order valence-corrected chi connectivity index (χ2v) is 6.15. The van der Waals surface area contributed by atoms with Crippen LogP contribution in [0.5, 0.6) is 0 Å². The summed E-state index contributed by atoms with van der Waals surface area (Å²) < 4.78 is 163. The average molecular weight is 437 g/mol. The zero-order valence-electron chi connectivity index (χ0n) is 30.2. The highest BCUT2D eigenvalue weighted by atomic mass is 32.2. The monoisotopic (exact) mass is 436 g/mol. The normalized spacial score (nSPS) is 41.5. The van der Waals surface area contributed by atoms with E-state index in [1.165, 1.54) is 13.8 Å². The van der Waals surface area contributed by atoms with Gasteiger partial charge in [0.05, 0.1) is 23.7 Å². The average Bonchev–Trinajstić information content (AvgIpc) is 2.79. The Morgan fingerprint density at radius 2 is 1.41 bits per heavy atom. The van der Waals surface area contributed by atoms with Crippen LogP contribution >= 0.6 is 12.6 Å². The summed E-state index contributed by atoms with van der Waals surface area (Å²) in [6.07, 6.45) is -27.2. The number of carbonyl (C=O) groups is 2. The molecular formula is C18H28O7S2. The van der Waals surface area contributed by atoms with Crippen LogP contribution in [0, 0.1) is 0 Å². The lowest BCUT2D eigenvalue weighted by atomic mass is 9.99. The molecule has 1 N–H and O–H groups in total. The maximum absolute atomic E-state index is 11.9. The van der Waals surface area contributed by atoms with Crippen molar-refractivity contribution in [2.75, 3.05) is 13.2 Å². The van der Waals surface area contributed by atoms with Gasteiger partial charge in [0.25, 0.3) is 10.1 Å². The molecule has 0 saturated heterocycles. The summed E-state index contributed by atoms with van der Waals surface area (Å²) in [5.74, 6) is -2.95. The Hall–Kier alpha value is -1.32. The Balaban J connectivity index is 0.000000434. The van der Waals surface area contributed by atoms with Crippen molar-refractivity contribution < 1.29 is 54.0 Å². The minimum atomic E-state index is -5.58. The lowest BCUT2D eigenvalue weighted by Crippen LogP contribution is -2.17. The molecule has 27 heavy (non-hydrogen) atoms. The summed E-state index contributed by atoms with van der Waals surface area (Å²) in [6, 6.07) is 0. The van der Waals surface area contributed by atoms with Gasteiger partial charge in [0, 0.05) is 27.5 Å². The molecule has 2 aliphatic rings. The predicted molar refractivity (Wildman–Crippen MR) is 105 cm³/mol. The number of hydrogen-bond donors (Lipinski definition) is 2. The van der Waals surface area contributed by atoms with Crippen molar-refractivity contribution in [2.24, 2.45) is 0 Å². The second kappa shape index (κ2) is 11.5. The van der Waals surface area contributed by atoms with E-state index in [0.717, 1.165) is 0 Å². The Labute approximate surface area is 188 Å². The minimum Gasteiger partial charge on any atom is -0.463 e. The SMILES string of the molecule is [2H]C1([2H])C(C(=O)OCC)=C(S(=O)(=O)O)C([2H])([2H])C([2H])([2H])C1([2H])[2H].[2H]C1([2H])C(S)=C(C(=O)OCC)C([2H])([2H])C([2H])([2H])C1([2H])[2H]. The summed E-state index contributed by atoms with van der Waals surface area (Å²) >= 11 is 3.73. The fraction of sp³-hybridized carbons (Fsp3) is 0.667. The van der Waals surface area contributed by atoms with Crippen LogP contribution in [-0.2, 0) is 29.2 Å². The van der Waals surface area contributed by atoms with Crippen molar-refractivity contribution >= 4 is 34.7 Å². The molecule has 0 saturated carbocycles. The van der Waals surface area contributed by atoms with Crippen molar-refractivity contribution in [3.8, 4) is 0 Å². The Morgan fingerprint density at radius 1 is 0.963 bits per heavy atom. The van der Waals surface area contributed by atoms with Crippen LogP contribution in [0.1, 0.15) is 86.8 Å². The first-order valence-corrected chi connectivity index (χ1v) is 9.14. The van der Waals surface area contributed by atoms with Gasteiger partial charge < -0.3 is 9.47 Å². The molecule has 154 valence electrons. The topological polar surface area (TPSA) is 107 Å². The molecule has 0 heterocycles. The van der Waals surface area contributed by atoms with E-state index >= 15 is 0 Å². The third-order valence-corrected chi connectivity index (χ3v) is 3.70. The first-order chi connectivity index (χ1) is 18.7. The van der Waals surface area contributed by atoms with Gasteiger partial charge >= 0.3 is 11.9 Å². The van der Waals surface area contributed by atoms with E-state index in [4.69, 9.17) is 21.9 Å². The molecule has 0 fully saturated rings. The van der Waals surface area contributed by atoms with Crippen molar-refractivity contribution in [1.82, 2.24) is 0 Å². The van der Waals surface area contributed by atoms with Crippen LogP contribution in [0.4, 0.5) is 0 Å². The first kappa shape index (κ1) is 9.00. The fourth-order valence-electron chi connectivity index (χ4n) is 1.50. The zero-order valence-corrected chi connectivity index (χ0v) is 15.9. The molecule has 0 atom stereocenters. The molecule has 0 radical (unpaired) electrons. The van der Waals surface area contributed by atoms with Crippen molar-refractivity contribution in [1.29, 1.82) is 0 Å². The number of carbonyl (C=O) groups excluding carboxylic acids is 2. The van der Waals surface area contributed by atoms with Gasteiger partial charge in [-0.2, -0.15) is 8.42 Å². The molecule has 0 amide bonds. The molecule has 0 bridgehead atoms. The van der Waals surface area contributed by atoms with Gasteiger partial charge in [0.2, 0.25) is 0 Å². The van der Waals surface area contributed by atoms with Crippen LogP contribution in [0.2, 0.25) is 0 Å². The maximum atomic E-state index is 11.9. The zero-order chi connectivity index (χ0) is 34.8. The quantitative estimate of drug-likeness (QED) is 0.385. The molecule has 7 nitrogen and oxygen atoms in total. The number of allylic oxidation sites excluding steroid dienone is 2. The first-order valence-electron chi connectivity index (χ1n) is 15.3. The fourth-order valence-corrected chi connectivity index (χ4v) is 2.27. The molecule has 2 rings (SSSR count). The minimum absolute atomic E-state index is 0.113. The summed E-state index contributed by atoms with van der Waals surface area (Å²) in [6.45, 7) is 2.26. The van der Waals surface area contributed by atoms with Gasteiger partial charge in [-0.15, -0.1) is 12.6 Å². The van der Waals surface area contributed by atoms with E-state index in [9.17, 15) is 22.6 Å². The van der Waals surface area contributed by atoms with Crippen LogP contribution in [0.15, 0.2) is 21.0 Å². The van der Waals surface area contributed by atoms with Crippen LogP contribution in [0.25, 0.3) is 0 Å². The van der Waals surface area contributed by atoms with E-state index < -0.39 is 94.0 Å². The Kier molecular flexibility index (Phi) is 3.84. The van der Waals surface area contributed by atoms with Gasteiger partial charge in [-0.3, -0.25) is 4.55 Å². The van der Waals surface area contributed by atoms with E-state index in [1.807, 2.05) is 0 Å². The number of esters is 2.